The smallest absolute Gasteiger partial charge is 0.310 e. The van der Waals surface area contributed by atoms with Gasteiger partial charge in [0, 0.05) is 18.1 Å². The number of hydrogen-bond acceptors (Lipinski definition) is 4. The second kappa shape index (κ2) is 9.42. The molecule has 1 heterocycles. The fourth-order valence-electron chi connectivity index (χ4n) is 2.90. The van der Waals surface area contributed by atoms with Gasteiger partial charge >= 0.3 is 5.97 Å². The molecule has 0 spiro atoms. The average Bonchev–Trinajstić information content (AvgIpc) is 3.10. The highest BCUT2D eigenvalue weighted by Crippen LogP contribution is 2.26. The van der Waals surface area contributed by atoms with Gasteiger partial charge in [-0.2, -0.15) is 0 Å². The molecule has 1 aliphatic rings. The first-order valence-corrected chi connectivity index (χ1v) is 9.70. The first-order valence-electron chi connectivity index (χ1n) is 8.95. The molecule has 0 radical (unpaired) electrons. The third-order valence-corrected chi connectivity index (χ3v) is 4.88. The van der Waals surface area contributed by atoms with Gasteiger partial charge in [-0.3, -0.25) is 14.4 Å². The van der Waals surface area contributed by atoms with Crippen LogP contribution in [-0.2, 0) is 14.3 Å². The van der Waals surface area contributed by atoms with Gasteiger partial charge in [-0.05, 0) is 44.9 Å². The largest absolute Gasteiger partial charge is 0.463 e. The minimum absolute atomic E-state index is 0.154. The zero-order valence-corrected chi connectivity index (χ0v) is 17.1. The van der Waals surface area contributed by atoms with Gasteiger partial charge in [0.05, 0.1) is 22.6 Å². The molecule has 6 nitrogen and oxygen atoms in total. The number of carbonyl (C=O) groups excluding carboxylic acids is 3. The molecule has 0 bridgehead atoms. The van der Waals surface area contributed by atoms with Crippen molar-refractivity contribution in [1.82, 2.24) is 10.2 Å². The predicted molar refractivity (Wildman–Crippen MR) is 104 cm³/mol. The lowest BCUT2D eigenvalue weighted by Crippen LogP contribution is -2.47. The summed E-state index contributed by atoms with van der Waals surface area (Å²) in [7, 11) is 0. The number of rotatable bonds is 6. The number of benzene rings is 1. The Kier molecular flexibility index (Phi) is 7.50. The van der Waals surface area contributed by atoms with E-state index in [4.69, 9.17) is 27.9 Å². The maximum absolute atomic E-state index is 12.8. The van der Waals surface area contributed by atoms with Crippen molar-refractivity contribution in [1.29, 1.82) is 0 Å². The number of hydrogen-bond donors (Lipinski definition) is 1. The average molecular weight is 415 g/mol. The molecule has 2 rings (SSSR count). The van der Waals surface area contributed by atoms with E-state index in [0.29, 0.717) is 29.4 Å². The van der Waals surface area contributed by atoms with Crippen molar-refractivity contribution in [3.63, 3.8) is 0 Å². The summed E-state index contributed by atoms with van der Waals surface area (Å²) in [6.07, 6.45) is 1.06. The van der Waals surface area contributed by atoms with Crippen LogP contribution in [-0.4, -0.2) is 47.9 Å². The lowest BCUT2D eigenvalue weighted by Gasteiger charge is -2.25. The summed E-state index contributed by atoms with van der Waals surface area (Å²) in [6, 6.07) is 4.07. The number of amides is 2. The van der Waals surface area contributed by atoms with Crippen molar-refractivity contribution < 1.29 is 19.1 Å². The first kappa shape index (κ1) is 21.5. The van der Waals surface area contributed by atoms with E-state index < -0.39 is 12.0 Å². The number of ether oxygens (including phenoxy) is 1. The molecule has 27 heavy (non-hydrogen) atoms. The Balaban J connectivity index is 2.00. The van der Waals surface area contributed by atoms with Crippen LogP contribution in [0.3, 0.4) is 0 Å². The van der Waals surface area contributed by atoms with Gasteiger partial charge in [0.25, 0.3) is 5.91 Å². The van der Waals surface area contributed by atoms with Gasteiger partial charge in [0.1, 0.15) is 6.04 Å². The number of esters is 1. The molecule has 1 aromatic carbocycles. The zero-order chi connectivity index (χ0) is 20.1. The number of likely N-dealkylation sites (tertiary alicyclic amines) is 1. The summed E-state index contributed by atoms with van der Waals surface area (Å²) in [5.74, 6) is -1.45. The quantitative estimate of drug-likeness (QED) is 0.724. The lowest BCUT2D eigenvalue weighted by atomic mass is 10.1. The number of carbonyl (C=O) groups is 3. The Morgan fingerprint density at radius 1 is 1.26 bits per heavy atom. The summed E-state index contributed by atoms with van der Waals surface area (Å²) in [5, 5.41) is 3.44. The normalized spacial score (nSPS) is 17.7. The van der Waals surface area contributed by atoms with Crippen LogP contribution >= 0.6 is 23.2 Å². The Labute approximate surface area is 169 Å². The molecule has 2 atom stereocenters. The van der Waals surface area contributed by atoms with Crippen LogP contribution in [0.1, 0.15) is 44.0 Å². The molecule has 1 N–H and O–H groups in total. The standard InChI is InChI=1S/C19H24Cl2N2O4/c1-11(2)27-19(26)12(3)10-22-17(24)16-5-4-8-23(16)18(25)14-9-13(20)6-7-15(14)21/h6-7,9,11-12,16H,4-5,8,10H2,1-3H3,(H,22,24)/t12-,16+/m1/s1. The molecular formula is C19H24Cl2N2O4. The Hall–Kier alpha value is -1.79. The van der Waals surface area contributed by atoms with E-state index in [2.05, 4.69) is 5.32 Å². The van der Waals surface area contributed by atoms with Crippen molar-refractivity contribution in [3.05, 3.63) is 33.8 Å². The summed E-state index contributed by atoms with van der Waals surface area (Å²) in [5.41, 5.74) is 0.276. The van der Waals surface area contributed by atoms with E-state index in [1.807, 2.05) is 0 Å². The van der Waals surface area contributed by atoms with E-state index in [-0.39, 0.29) is 36.0 Å². The molecule has 148 valence electrons. The van der Waals surface area contributed by atoms with E-state index >= 15 is 0 Å². The van der Waals surface area contributed by atoms with Gasteiger partial charge in [-0.25, -0.2) is 0 Å². The van der Waals surface area contributed by atoms with Crippen molar-refractivity contribution >= 4 is 41.0 Å². The summed E-state index contributed by atoms with van der Waals surface area (Å²) < 4.78 is 5.13. The molecule has 0 unspecified atom stereocenters. The van der Waals surface area contributed by atoms with E-state index in [1.54, 1.807) is 32.9 Å². The Morgan fingerprint density at radius 3 is 2.63 bits per heavy atom. The highest BCUT2D eigenvalue weighted by molar-refractivity contribution is 6.35. The third-order valence-electron chi connectivity index (χ3n) is 4.31. The monoisotopic (exact) mass is 414 g/mol. The topological polar surface area (TPSA) is 75.7 Å². The van der Waals surface area contributed by atoms with Crippen LogP contribution < -0.4 is 5.32 Å². The Morgan fingerprint density at radius 2 is 1.96 bits per heavy atom. The van der Waals surface area contributed by atoms with E-state index in [1.165, 1.54) is 11.0 Å². The minimum Gasteiger partial charge on any atom is -0.463 e. The molecule has 1 aromatic rings. The number of nitrogens with zero attached hydrogens (tertiary/aromatic N) is 1. The van der Waals surface area contributed by atoms with E-state index in [9.17, 15) is 14.4 Å². The van der Waals surface area contributed by atoms with E-state index in [0.717, 1.165) is 0 Å². The molecule has 0 saturated carbocycles. The summed E-state index contributed by atoms with van der Waals surface area (Å²) in [6.45, 7) is 5.85. The second-order valence-corrected chi connectivity index (χ2v) is 7.76. The molecule has 0 aliphatic carbocycles. The van der Waals surface area contributed by atoms with Crippen LogP contribution in [0, 0.1) is 5.92 Å². The highest BCUT2D eigenvalue weighted by atomic mass is 35.5. The second-order valence-electron chi connectivity index (χ2n) is 6.91. The van der Waals surface area contributed by atoms with Crippen molar-refractivity contribution in [2.24, 2.45) is 5.92 Å². The van der Waals surface area contributed by atoms with Gasteiger partial charge in [0.15, 0.2) is 0 Å². The van der Waals surface area contributed by atoms with Gasteiger partial charge < -0.3 is 15.0 Å². The molecule has 8 heteroatoms. The van der Waals surface area contributed by atoms with Crippen molar-refractivity contribution in [2.75, 3.05) is 13.1 Å². The maximum Gasteiger partial charge on any atom is 0.310 e. The van der Waals surface area contributed by atoms with Crippen LogP contribution in [0.5, 0.6) is 0 Å². The molecule has 1 aliphatic heterocycles. The fourth-order valence-corrected chi connectivity index (χ4v) is 3.27. The van der Waals surface area contributed by atoms with Crippen molar-refractivity contribution in [3.8, 4) is 0 Å². The molecule has 2 amide bonds. The van der Waals surface area contributed by atoms with Crippen molar-refractivity contribution in [2.45, 2.75) is 45.8 Å². The van der Waals surface area contributed by atoms with Crippen LogP contribution in [0.25, 0.3) is 0 Å². The Bertz CT molecular complexity index is 724. The van der Waals surface area contributed by atoms with Crippen LogP contribution in [0.15, 0.2) is 18.2 Å². The number of nitrogens with one attached hydrogen (secondary N) is 1. The minimum atomic E-state index is -0.596. The van der Waals surface area contributed by atoms with Crippen LogP contribution in [0.2, 0.25) is 10.0 Å². The number of halogens is 2. The molecule has 0 aromatic heterocycles. The summed E-state index contributed by atoms with van der Waals surface area (Å²) in [4.78, 5) is 38.8. The lowest BCUT2D eigenvalue weighted by molar-refractivity contribution is -0.151. The first-order chi connectivity index (χ1) is 12.7. The van der Waals surface area contributed by atoms with Crippen LogP contribution in [0.4, 0.5) is 0 Å². The zero-order valence-electron chi connectivity index (χ0n) is 15.6. The fraction of sp³-hybridized carbons (Fsp3) is 0.526. The molecule has 1 saturated heterocycles. The third kappa shape index (κ3) is 5.59. The molecule has 1 fully saturated rings. The van der Waals surface area contributed by atoms with Gasteiger partial charge in [-0.1, -0.05) is 30.1 Å². The molecular weight excluding hydrogens is 391 g/mol. The maximum atomic E-state index is 12.8. The van der Waals surface area contributed by atoms with Gasteiger partial charge in [0.2, 0.25) is 5.91 Å². The highest BCUT2D eigenvalue weighted by Gasteiger charge is 2.35. The summed E-state index contributed by atoms with van der Waals surface area (Å²) >= 11 is 12.1. The SMILES string of the molecule is CC(C)OC(=O)[C@H](C)CNC(=O)[C@@H]1CCCN1C(=O)c1cc(Cl)ccc1Cl. The van der Waals surface area contributed by atoms with Gasteiger partial charge in [-0.15, -0.1) is 0 Å². The predicted octanol–water partition coefficient (Wildman–Crippen LogP) is 3.30.